The van der Waals surface area contributed by atoms with E-state index in [0.29, 0.717) is 0 Å². The van der Waals surface area contributed by atoms with E-state index in [-0.39, 0.29) is 12.4 Å². The molecule has 0 saturated heterocycles. The largest absolute Gasteiger partial charge is 0.508 e. The van der Waals surface area contributed by atoms with Gasteiger partial charge in [0.25, 0.3) is 0 Å². The fraction of sp³-hybridized carbons (Fsp3) is 0.111. The van der Waals surface area contributed by atoms with Gasteiger partial charge in [0.05, 0.1) is 6.61 Å². The number of benzene rings is 1. The number of aliphatic hydroxyl groups excluding tert-OH is 1. The first-order chi connectivity index (χ1) is 6.22. The normalized spacial score (nSPS) is 10.9. The number of phenolic OH excluding ortho intramolecular Hbond substituents is 1. The molecule has 0 aliphatic carbocycles. The molecular formula is C9H7BrO2S. The van der Waals surface area contributed by atoms with Crippen LogP contribution in [-0.4, -0.2) is 10.2 Å². The molecule has 0 atom stereocenters. The molecule has 2 aromatic rings. The summed E-state index contributed by atoms with van der Waals surface area (Å²) in [7, 11) is 0. The minimum Gasteiger partial charge on any atom is -0.508 e. The summed E-state index contributed by atoms with van der Waals surface area (Å²) in [6.07, 6.45) is 0. The topological polar surface area (TPSA) is 40.5 Å². The van der Waals surface area contributed by atoms with Crippen molar-refractivity contribution in [3.63, 3.8) is 0 Å². The zero-order valence-electron chi connectivity index (χ0n) is 6.62. The van der Waals surface area contributed by atoms with Crippen molar-refractivity contribution in [2.24, 2.45) is 0 Å². The molecule has 1 aromatic heterocycles. The van der Waals surface area contributed by atoms with E-state index in [4.69, 9.17) is 5.11 Å². The average Bonchev–Trinajstić information content (AvgIpc) is 2.47. The number of aliphatic hydroxyl groups is 1. The predicted octanol–water partition coefficient (Wildman–Crippen LogP) is 2.86. The molecule has 1 heterocycles. The van der Waals surface area contributed by atoms with Gasteiger partial charge in [-0.25, -0.2) is 0 Å². The number of rotatable bonds is 1. The number of thiophene rings is 1. The van der Waals surface area contributed by atoms with Crippen LogP contribution in [-0.2, 0) is 6.61 Å². The monoisotopic (exact) mass is 258 g/mol. The third-order valence-electron chi connectivity index (χ3n) is 1.86. The summed E-state index contributed by atoms with van der Waals surface area (Å²) in [5.41, 5.74) is 0.858. The molecule has 0 radical (unpaired) electrons. The van der Waals surface area contributed by atoms with Crippen molar-refractivity contribution in [1.29, 1.82) is 0 Å². The standard InChI is InChI=1S/C9H7BrO2S/c10-8-2-6(12)1-7-5(3-11)4-13-9(7)8/h1-2,4,11-12H,3H2. The molecule has 0 amide bonds. The van der Waals surface area contributed by atoms with E-state index in [0.717, 1.165) is 20.1 Å². The van der Waals surface area contributed by atoms with Crippen molar-refractivity contribution in [2.45, 2.75) is 6.61 Å². The molecule has 0 fully saturated rings. The minimum absolute atomic E-state index is 0.00981. The molecule has 68 valence electrons. The molecule has 2 rings (SSSR count). The molecule has 0 aliphatic heterocycles. The molecule has 0 saturated carbocycles. The maximum absolute atomic E-state index is 9.34. The molecule has 2 N–H and O–H groups in total. The van der Waals surface area contributed by atoms with Crippen LogP contribution in [0, 0.1) is 0 Å². The number of hydrogen-bond donors (Lipinski definition) is 2. The van der Waals surface area contributed by atoms with Gasteiger partial charge in [0.15, 0.2) is 0 Å². The number of halogens is 1. The molecule has 0 spiro atoms. The fourth-order valence-corrected chi connectivity index (χ4v) is 2.93. The maximum Gasteiger partial charge on any atom is 0.117 e. The lowest BCUT2D eigenvalue weighted by molar-refractivity contribution is 0.284. The van der Waals surface area contributed by atoms with Crippen LogP contribution in [0.1, 0.15) is 5.56 Å². The Kier molecular flexibility index (Phi) is 2.27. The average molecular weight is 259 g/mol. The van der Waals surface area contributed by atoms with Crippen LogP contribution in [0.3, 0.4) is 0 Å². The van der Waals surface area contributed by atoms with Crippen molar-refractivity contribution in [2.75, 3.05) is 0 Å². The van der Waals surface area contributed by atoms with E-state index in [9.17, 15) is 5.11 Å². The van der Waals surface area contributed by atoms with Gasteiger partial charge in [0.2, 0.25) is 0 Å². The smallest absolute Gasteiger partial charge is 0.117 e. The van der Waals surface area contributed by atoms with Crippen LogP contribution >= 0.6 is 27.3 Å². The van der Waals surface area contributed by atoms with Gasteiger partial charge in [0.1, 0.15) is 5.75 Å². The van der Waals surface area contributed by atoms with E-state index in [1.165, 1.54) is 0 Å². The summed E-state index contributed by atoms with van der Waals surface area (Å²) in [6, 6.07) is 3.32. The summed E-state index contributed by atoms with van der Waals surface area (Å²) in [5.74, 6) is 0.215. The third kappa shape index (κ3) is 1.45. The van der Waals surface area contributed by atoms with Crippen molar-refractivity contribution >= 4 is 37.4 Å². The summed E-state index contributed by atoms with van der Waals surface area (Å²) in [5, 5.41) is 21.2. The number of aromatic hydroxyl groups is 1. The second-order valence-electron chi connectivity index (χ2n) is 2.72. The minimum atomic E-state index is 0.00981. The van der Waals surface area contributed by atoms with E-state index in [2.05, 4.69) is 15.9 Å². The lowest BCUT2D eigenvalue weighted by Gasteiger charge is -1.97. The first-order valence-electron chi connectivity index (χ1n) is 3.72. The van der Waals surface area contributed by atoms with E-state index < -0.39 is 0 Å². The Hall–Kier alpha value is -0.580. The third-order valence-corrected chi connectivity index (χ3v) is 3.83. The van der Waals surface area contributed by atoms with E-state index in [1.54, 1.807) is 23.5 Å². The highest BCUT2D eigenvalue weighted by Crippen LogP contribution is 2.35. The summed E-state index contributed by atoms with van der Waals surface area (Å²) >= 11 is 4.91. The van der Waals surface area contributed by atoms with Crippen molar-refractivity contribution in [1.82, 2.24) is 0 Å². The Morgan fingerprint density at radius 2 is 2.15 bits per heavy atom. The Morgan fingerprint density at radius 3 is 2.85 bits per heavy atom. The summed E-state index contributed by atoms with van der Waals surface area (Å²) in [6.45, 7) is 0.00981. The zero-order valence-corrected chi connectivity index (χ0v) is 9.02. The van der Waals surface area contributed by atoms with Crippen LogP contribution in [0.2, 0.25) is 0 Å². The number of hydrogen-bond acceptors (Lipinski definition) is 3. The maximum atomic E-state index is 9.34. The second-order valence-corrected chi connectivity index (χ2v) is 4.46. The highest BCUT2D eigenvalue weighted by atomic mass is 79.9. The first kappa shape index (κ1) is 8.99. The molecule has 4 heteroatoms. The van der Waals surface area contributed by atoms with Gasteiger partial charge in [-0.1, -0.05) is 0 Å². The highest BCUT2D eigenvalue weighted by molar-refractivity contribution is 9.10. The lowest BCUT2D eigenvalue weighted by Crippen LogP contribution is -1.78. The molecule has 1 aromatic carbocycles. The summed E-state index contributed by atoms with van der Waals surface area (Å²) in [4.78, 5) is 0. The summed E-state index contributed by atoms with van der Waals surface area (Å²) < 4.78 is 1.93. The Labute approximate surface area is 87.6 Å². The molecule has 0 aliphatic rings. The fourth-order valence-electron chi connectivity index (χ4n) is 1.25. The van der Waals surface area contributed by atoms with Crippen LogP contribution in [0.15, 0.2) is 22.0 Å². The zero-order chi connectivity index (χ0) is 9.42. The van der Waals surface area contributed by atoms with Crippen molar-refractivity contribution in [3.05, 3.63) is 27.5 Å². The van der Waals surface area contributed by atoms with Gasteiger partial charge < -0.3 is 10.2 Å². The SMILES string of the molecule is OCc1csc2c(Br)cc(O)cc12. The van der Waals surface area contributed by atoms with E-state index in [1.807, 2.05) is 5.38 Å². The van der Waals surface area contributed by atoms with Crippen LogP contribution in [0.5, 0.6) is 5.75 Å². The quantitative estimate of drug-likeness (QED) is 0.826. The van der Waals surface area contributed by atoms with Gasteiger partial charge in [0, 0.05) is 14.6 Å². The molecular weight excluding hydrogens is 252 g/mol. The van der Waals surface area contributed by atoms with Crippen LogP contribution in [0.25, 0.3) is 10.1 Å². The molecule has 0 unspecified atom stereocenters. The Morgan fingerprint density at radius 1 is 1.38 bits per heavy atom. The van der Waals surface area contributed by atoms with Crippen molar-refractivity contribution < 1.29 is 10.2 Å². The second kappa shape index (κ2) is 3.29. The molecule has 13 heavy (non-hydrogen) atoms. The van der Waals surface area contributed by atoms with E-state index >= 15 is 0 Å². The van der Waals surface area contributed by atoms with Gasteiger partial charge in [-0.15, -0.1) is 11.3 Å². The number of phenols is 1. The van der Waals surface area contributed by atoms with Crippen molar-refractivity contribution in [3.8, 4) is 5.75 Å². The Bertz CT molecular complexity index is 450. The van der Waals surface area contributed by atoms with Gasteiger partial charge in [-0.3, -0.25) is 0 Å². The predicted molar refractivity (Wildman–Crippen MR) is 57.1 cm³/mol. The number of fused-ring (bicyclic) bond motifs is 1. The lowest BCUT2D eigenvalue weighted by atomic mass is 10.2. The Balaban J connectivity index is 2.82. The van der Waals surface area contributed by atoms with Gasteiger partial charge in [-0.2, -0.15) is 0 Å². The van der Waals surface area contributed by atoms with Gasteiger partial charge >= 0.3 is 0 Å². The van der Waals surface area contributed by atoms with Crippen LogP contribution in [0.4, 0.5) is 0 Å². The molecule has 0 bridgehead atoms. The highest BCUT2D eigenvalue weighted by Gasteiger charge is 2.07. The first-order valence-corrected chi connectivity index (χ1v) is 5.39. The van der Waals surface area contributed by atoms with Crippen LogP contribution < -0.4 is 0 Å². The van der Waals surface area contributed by atoms with Gasteiger partial charge in [-0.05, 0) is 39.0 Å². The molecule has 2 nitrogen and oxygen atoms in total.